The van der Waals surface area contributed by atoms with Crippen LogP contribution in [0.1, 0.15) is 69.5 Å². The van der Waals surface area contributed by atoms with Gasteiger partial charge in [0.2, 0.25) is 5.89 Å². The van der Waals surface area contributed by atoms with Crippen molar-refractivity contribution in [1.82, 2.24) is 20.8 Å². The monoisotopic (exact) mass is 334 g/mol. The first kappa shape index (κ1) is 15.9. The Hall–Kier alpha value is -1.63. The zero-order valence-electron chi connectivity index (χ0n) is 14.2. The summed E-state index contributed by atoms with van der Waals surface area (Å²) in [6.45, 7) is 3.06. The van der Waals surface area contributed by atoms with Crippen LogP contribution >= 0.6 is 0 Å². The van der Waals surface area contributed by atoms with Gasteiger partial charge < -0.3 is 19.9 Å². The number of nitrogens with zero attached hydrogens (tertiary/aromatic N) is 2. The third-order valence-corrected chi connectivity index (χ3v) is 5.82. The highest BCUT2D eigenvalue weighted by Crippen LogP contribution is 2.54. The summed E-state index contributed by atoms with van der Waals surface area (Å²) in [5, 5.41) is 9.92. The normalized spacial score (nSPS) is 27.9. The molecule has 0 radical (unpaired) electrons. The van der Waals surface area contributed by atoms with Crippen molar-refractivity contribution in [2.24, 2.45) is 5.41 Å². The molecule has 4 rings (SSSR count). The minimum atomic E-state index is -0.160. The van der Waals surface area contributed by atoms with E-state index in [1.165, 1.54) is 12.8 Å². The number of ether oxygens (including phenoxy) is 1. The quantitative estimate of drug-likeness (QED) is 0.834. The van der Waals surface area contributed by atoms with E-state index in [4.69, 9.17) is 9.26 Å². The van der Waals surface area contributed by atoms with E-state index in [0.717, 1.165) is 44.5 Å². The first-order valence-electron chi connectivity index (χ1n) is 9.20. The van der Waals surface area contributed by atoms with Gasteiger partial charge in [-0.3, -0.25) is 0 Å². The van der Waals surface area contributed by atoms with Crippen molar-refractivity contribution in [3.05, 3.63) is 11.7 Å². The summed E-state index contributed by atoms with van der Waals surface area (Å²) in [5.41, 5.74) is 0.150. The van der Waals surface area contributed by atoms with Crippen LogP contribution in [0, 0.1) is 5.41 Å². The molecule has 0 bridgehead atoms. The number of hydrogen-bond acceptors (Lipinski definition) is 5. The van der Waals surface area contributed by atoms with E-state index in [0.29, 0.717) is 17.9 Å². The Morgan fingerprint density at radius 2 is 2.17 bits per heavy atom. The maximum absolute atomic E-state index is 12.2. The van der Waals surface area contributed by atoms with E-state index < -0.39 is 0 Å². The predicted octanol–water partition coefficient (Wildman–Crippen LogP) is 2.48. The summed E-state index contributed by atoms with van der Waals surface area (Å²) < 4.78 is 11.1. The van der Waals surface area contributed by atoms with Gasteiger partial charge in [-0.1, -0.05) is 18.0 Å². The molecular formula is C17H26N4O3. The Morgan fingerprint density at radius 3 is 2.88 bits per heavy atom. The number of aromatic nitrogens is 2. The molecule has 3 saturated carbocycles. The molecule has 3 aliphatic carbocycles. The Kier molecular flexibility index (Phi) is 4.20. The van der Waals surface area contributed by atoms with Crippen molar-refractivity contribution in [3.63, 3.8) is 0 Å². The maximum atomic E-state index is 12.2. The van der Waals surface area contributed by atoms with Crippen LogP contribution in [0.5, 0.6) is 0 Å². The molecule has 7 heteroatoms. The average Bonchev–Trinajstić information content (AvgIpc) is 3.11. The first-order valence-corrected chi connectivity index (χ1v) is 9.20. The summed E-state index contributed by atoms with van der Waals surface area (Å²) in [4.78, 5) is 16.5. The number of hydrogen-bond donors (Lipinski definition) is 2. The van der Waals surface area contributed by atoms with Crippen molar-refractivity contribution in [2.75, 3.05) is 6.61 Å². The van der Waals surface area contributed by atoms with Gasteiger partial charge in [0.15, 0.2) is 5.82 Å². The lowest BCUT2D eigenvalue weighted by molar-refractivity contribution is -0.126. The van der Waals surface area contributed by atoms with Crippen LogP contribution in [0.4, 0.5) is 4.79 Å². The number of rotatable bonds is 6. The summed E-state index contributed by atoms with van der Waals surface area (Å²) in [5.74, 6) is 1.71. The molecule has 1 spiro atoms. The second-order valence-electron chi connectivity index (χ2n) is 7.32. The zero-order chi connectivity index (χ0) is 16.6. The fourth-order valence-electron chi connectivity index (χ4n) is 4.30. The molecule has 0 saturated heterocycles. The predicted molar refractivity (Wildman–Crippen MR) is 86.4 cm³/mol. The van der Waals surface area contributed by atoms with E-state index in [1.807, 2.05) is 6.92 Å². The number of amides is 2. The highest BCUT2D eigenvalue weighted by Gasteiger charge is 2.57. The number of carbonyl (C=O) groups is 1. The molecule has 1 aromatic heterocycles. The molecular weight excluding hydrogens is 308 g/mol. The molecule has 0 aromatic carbocycles. The Bertz CT molecular complexity index is 592. The van der Waals surface area contributed by atoms with Crippen LogP contribution in [-0.2, 0) is 11.3 Å². The van der Waals surface area contributed by atoms with E-state index in [2.05, 4.69) is 20.8 Å². The highest BCUT2D eigenvalue weighted by molar-refractivity contribution is 5.74. The average molecular weight is 334 g/mol. The van der Waals surface area contributed by atoms with Gasteiger partial charge in [-0.2, -0.15) is 4.98 Å². The van der Waals surface area contributed by atoms with Crippen LogP contribution in [0.15, 0.2) is 4.52 Å². The molecule has 3 aliphatic rings. The molecule has 3 fully saturated rings. The van der Waals surface area contributed by atoms with E-state index in [9.17, 15) is 4.79 Å². The van der Waals surface area contributed by atoms with Gasteiger partial charge in [0.05, 0.1) is 12.6 Å². The second-order valence-corrected chi connectivity index (χ2v) is 7.32. The summed E-state index contributed by atoms with van der Waals surface area (Å²) >= 11 is 0. The fourth-order valence-corrected chi connectivity index (χ4v) is 4.30. The molecule has 0 aliphatic heterocycles. The summed E-state index contributed by atoms with van der Waals surface area (Å²) in [7, 11) is 0. The SMILES string of the molecule is CCO[C@@H]1C[C@@H](NC(=O)NCc2nc(C3CC3)no2)C12CCCC2. The number of nitrogens with one attached hydrogen (secondary N) is 2. The van der Waals surface area contributed by atoms with E-state index in [1.54, 1.807) is 0 Å². The lowest BCUT2D eigenvalue weighted by atomic mass is 9.60. The lowest BCUT2D eigenvalue weighted by Crippen LogP contribution is -2.64. The fraction of sp³-hybridized carbons (Fsp3) is 0.824. The first-order chi connectivity index (χ1) is 11.7. The molecule has 1 aromatic rings. The molecule has 2 N–H and O–H groups in total. The van der Waals surface area contributed by atoms with Crippen molar-refractivity contribution in [1.29, 1.82) is 0 Å². The highest BCUT2D eigenvalue weighted by atomic mass is 16.5. The van der Waals surface area contributed by atoms with Crippen molar-refractivity contribution >= 4 is 6.03 Å². The van der Waals surface area contributed by atoms with Crippen LogP contribution in [0.25, 0.3) is 0 Å². The summed E-state index contributed by atoms with van der Waals surface area (Å²) in [6, 6.07) is 0.0497. The molecule has 132 valence electrons. The van der Waals surface area contributed by atoms with Gasteiger partial charge in [0, 0.05) is 24.0 Å². The zero-order valence-corrected chi connectivity index (χ0v) is 14.2. The van der Waals surface area contributed by atoms with Gasteiger partial charge in [-0.25, -0.2) is 4.79 Å². The number of carbonyl (C=O) groups excluding carboxylic acids is 1. The molecule has 2 amide bonds. The van der Waals surface area contributed by atoms with Gasteiger partial charge >= 0.3 is 6.03 Å². The van der Waals surface area contributed by atoms with Crippen molar-refractivity contribution < 1.29 is 14.1 Å². The van der Waals surface area contributed by atoms with Crippen molar-refractivity contribution in [2.45, 2.75) is 76.5 Å². The van der Waals surface area contributed by atoms with Gasteiger partial charge in [0.1, 0.15) is 0 Å². The lowest BCUT2D eigenvalue weighted by Gasteiger charge is -2.53. The Morgan fingerprint density at radius 1 is 1.38 bits per heavy atom. The molecule has 24 heavy (non-hydrogen) atoms. The third kappa shape index (κ3) is 2.90. The minimum absolute atomic E-state index is 0.150. The van der Waals surface area contributed by atoms with Crippen molar-refractivity contribution in [3.8, 4) is 0 Å². The maximum Gasteiger partial charge on any atom is 0.315 e. The molecule has 7 nitrogen and oxygen atoms in total. The van der Waals surface area contributed by atoms with Gasteiger partial charge in [-0.05, 0) is 39.0 Å². The largest absolute Gasteiger partial charge is 0.378 e. The van der Waals surface area contributed by atoms with Crippen LogP contribution in [0.2, 0.25) is 0 Å². The van der Waals surface area contributed by atoms with Gasteiger partial charge in [0.25, 0.3) is 0 Å². The molecule has 0 unspecified atom stereocenters. The Balaban J connectivity index is 1.27. The summed E-state index contributed by atoms with van der Waals surface area (Å²) in [6.07, 6.45) is 8.24. The van der Waals surface area contributed by atoms with Crippen LogP contribution in [-0.4, -0.2) is 34.9 Å². The topological polar surface area (TPSA) is 89.3 Å². The smallest absolute Gasteiger partial charge is 0.315 e. The second kappa shape index (κ2) is 6.35. The molecule has 2 atom stereocenters. The van der Waals surface area contributed by atoms with Crippen LogP contribution < -0.4 is 10.6 Å². The third-order valence-electron chi connectivity index (χ3n) is 5.82. The minimum Gasteiger partial charge on any atom is -0.378 e. The number of urea groups is 1. The van der Waals surface area contributed by atoms with E-state index >= 15 is 0 Å². The van der Waals surface area contributed by atoms with Crippen LogP contribution in [0.3, 0.4) is 0 Å². The standard InChI is InChI=1S/C17H26N4O3/c1-2-23-13-9-12(17(13)7-3-4-8-17)19-16(22)18-10-14-20-15(21-24-14)11-5-6-11/h11-13H,2-10H2,1H3,(H2,18,19,22)/t12-,13-/m1/s1. The van der Waals surface area contributed by atoms with E-state index in [-0.39, 0.29) is 24.0 Å². The van der Waals surface area contributed by atoms with Gasteiger partial charge in [-0.15, -0.1) is 0 Å². The molecule has 1 heterocycles. The Labute approximate surface area is 141 Å².